The molecule has 3 N–H and O–H groups in total. The van der Waals surface area contributed by atoms with Gasteiger partial charge >= 0.3 is 0 Å². The summed E-state index contributed by atoms with van der Waals surface area (Å²) in [6, 6.07) is 18.4. The summed E-state index contributed by atoms with van der Waals surface area (Å²) in [6.07, 6.45) is 1.62. The van der Waals surface area contributed by atoms with Crippen LogP contribution < -0.4 is 16.0 Å². The summed E-state index contributed by atoms with van der Waals surface area (Å²) in [5.41, 5.74) is 4.56. The second-order valence-corrected chi connectivity index (χ2v) is 6.14. The van der Waals surface area contributed by atoms with Crippen LogP contribution in [0.4, 0.5) is 22.7 Å². The van der Waals surface area contributed by atoms with E-state index in [1.54, 1.807) is 36.5 Å². The fourth-order valence-electron chi connectivity index (χ4n) is 2.44. The number of amides is 2. The van der Waals surface area contributed by atoms with E-state index in [1.165, 1.54) is 12.5 Å². The van der Waals surface area contributed by atoms with Crippen LogP contribution in [0.5, 0.6) is 0 Å². The van der Waals surface area contributed by atoms with E-state index < -0.39 is 0 Å². The minimum atomic E-state index is -0.302. The molecule has 2 amide bonds. The van der Waals surface area contributed by atoms with Crippen molar-refractivity contribution in [1.29, 1.82) is 0 Å². The van der Waals surface area contributed by atoms with Crippen molar-refractivity contribution < 1.29 is 9.59 Å². The Morgan fingerprint density at radius 1 is 0.741 bits per heavy atom. The van der Waals surface area contributed by atoms with Gasteiger partial charge in [-0.15, -0.1) is 0 Å². The number of hydrogen-bond acceptors (Lipinski definition) is 4. The van der Waals surface area contributed by atoms with Gasteiger partial charge in [0, 0.05) is 24.0 Å². The summed E-state index contributed by atoms with van der Waals surface area (Å²) in [5.74, 6) is -0.445. The first-order valence-electron chi connectivity index (χ1n) is 8.48. The van der Waals surface area contributed by atoms with Crippen LogP contribution >= 0.6 is 0 Å². The first-order chi connectivity index (χ1) is 13.0. The highest BCUT2D eigenvalue weighted by atomic mass is 16.2. The van der Waals surface area contributed by atoms with E-state index in [0.29, 0.717) is 17.1 Å². The van der Waals surface area contributed by atoms with E-state index >= 15 is 0 Å². The number of carbonyl (C=O) groups excluding carboxylic acids is 2. The molecule has 0 fully saturated rings. The molecule has 0 aliphatic carbocycles. The van der Waals surface area contributed by atoms with Crippen LogP contribution in [0.25, 0.3) is 0 Å². The first-order valence-corrected chi connectivity index (χ1v) is 8.48. The van der Waals surface area contributed by atoms with Crippen molar-refractivity contribution in [1.82, 2.24) is 4.98 Å². The second kappa shape index (κ2) is 8.14. The van der Waals surface area contributed by atoms with Gasteiger partial charge in [0.05, 0.1) is 11.9 Å². The molecule has 136 valence electrons. The first kappa shape index (κ1) is 18.1. The fraction of sp³-hybridized carbons (Fsp3) is 0.0952. The van der Waals surface area contributed by atoms with E-state index in [1.807, 2.05) is 37.3 Å². The van der Waals surface area contributed by atoms with Gasteiger partial charge in [0.15, 0.2) is 0 Å². The zero-order valence-electron chi connectivity index (χ0n) is 15.1. The summed E-state index contributed by atoms with van der Waals surface area (Å²) in [4.78, 5) is 27.6. The van der Waals surface area contributed by atoms with E-state index in [4.69, 9.17) is 0 Å². The SMILES string of the molecule is CC(=O)Nc1ccc(NC(=O)c2ccc(Nc3ccc(C)cc3)cn2)cc1. The lowest BCUT2D eigenvalue weighted by Gasteiger charge is -2.08. The number of nitrogens with zero attached hydrogens (tertiary/aromatic N) is 1. The van der Waals surface area contributed by atoms with Gasteiger partial charge in [0.1, 0.15) is 5.69 Å². The molecule has 6 nitrogen and oxygen atoms in total. The zero-order valence-corrected chi connectivity index (χ0v) is 15.1. The lowest BCUT2D eigenvalue weighted by molar-refractivity contribution is -0.114. The number of rotatable bonds is 5. The summed E-state index contributed by atoms with van der Waals surface area (Å²) < 4.78 is 0. The number of benzene rings is 2. The van der Waals surface area contributed by atoms with Crippen molar-refractivity contribution in [3.8, 4) is 0 Å². The maximum atomic E-state index is 12.3. The molecule has 0 bridgehead atoms. The van der Waals surface area contributed by atoms with E-state index in [2.05, 4.69) is 20.9 Å². The largest absolute Gasteiger partial charge is 0.354 e. The van der Waals surface area contributed by atoms with Crippen LogP contribution in [0, 0.1) is 6.92 Å². The van der Waals surface area contributed by atoms with Gasteiger partial charge in [-0.1, -0.05) is 17.7 Å². The third kappa shape index (κ3) is 5.15. The van der Waals surface area contributed by atoms with Gasteiger partial charge in [-0.05, 0) is 55.5 Å². The lowest BCUT2D eigenvalue weighted by Crippen LogP contribution is -2.13. The van der Waals surface area contributed by atoms with Gasteiger partial charge < -0.3 is 16.0 Å². The molecule has 0 spiro atoms. The van der Waals surface area contributed by atoms with Crippen LogP contribution in [0.2, 0.25) is 0 Å². The average molecular weight is 360 g/mol. The smallest absolute Gasteiger partial charge is 0.274 e. The van der Waals surface area contributed by atoms with Crippen molar-refractivity contribution in [2.75, 3.05) is 16.0 Å². The van der Waals surface area contributed by atoms with Gasteiger partial charge in [-0.25, -0.2) is 4.98 Å². The quantitative estimate of drug-likeness (QED) is 0.632. The Morgan fingerprint density at radius 2 is 1.30 bits per heavy atom. The molecule has 0 saturated carbocycles. The predicted molar refractivity (Wildman–Crippen MR) is 107 cm³/mol. The van der Waals surface area contributed by atoms with Gasteiger partial charge in [-0.3, -0.25) is 9.59 Å². The highest BCUT2D eigenvalue weighted by molar-refractivity contribution is 6.03. The highest BCUT2D eigenvalue weighted by Crippen LogP contribution is 2.17. The molecule has 2 aromatic carbocycles. The lowest BCUT2D eigenvalue weighted by atomic mass is 10.2. The van der Waals surface area contributed by atoms with Crippen molar-refractivity contribution >= 4 is 34.6 Å². The molecule has 3 aromatic rings. The summed E-state index contributed by atoms with van der Waals surface area (Å²) in [7, 11) is 0. The second-order valence-electron chi connectivity index (χ2n) is 6.14. The predicted octanol–water partition coefficient (Wildman–Crippen LogP) is 4.34. The number of anilines is 4. The average Bonchev–Trinajstić information content (AvgIpc) is 2.65. The standard InChI is InChI=1S/C21H20N4O2/c1-14-3-5-17(6-4-14)24-19-11-12-20(22-13-19)21(27)25-18-9-7-16(8-10-18)23-15(2)26/h3-13,24H,1-2H3,(H,23,26)(H,25,27). The normalized spacial score (nSPS) is 10.1. The Balaban J connectivity index is 1.61. The number of aromatic nitrogens is 1. The monoisotopic (exact) mass is 360 g/mol. The van der Waals surface area contributed by atoms with E-state index in [-0.39, 0.29) is 11.8 Å². The van der Waals surface area contributed by atoms with Crippen LogP contribution in [0.3, 0.4) is 0 Å². The molecular formula is C21H20N4O2. The maximum absolute atomic E-state index is 12.3. The Kier molecular flexibility index (Phi) is 5.47. The molecular weight excluding hydrogens is 340 g/mol. The summed E-state index contributed by atoms with van der Waals surface area (Å²) in [6.45, 7) is 3.48. The maximum Gasteiger partial charge on any atom is 0.274 e. The molecule has 0 saturated heterocycles. The van der Waals surface area contributed by atoms with Crippen molar-refractivity contribution in [2.24, 2.45) is 0 Å². The van der Waals surface area contributed by atoms with E-state index in [9.17, 15) is 9.59 Å². The molecule has 1 heterocycles. The van der Waals surface area contributed by atoms with Crippen molar-refractivity contribution in [3.63, 3.8) is 0 Å². The zero-order chi connectivity index (χ0) is 19.2. The number of hydrogen-bond donors (Lipinski definition) is 3. The molecule has 0 atom stereocenters. The number of aryl methyl sites for hydroxylation is 1. The minimum Gasteiger partial charge on any atom is -0.354 e. The Bertz CT molecular complexity index is 933. The van der Waals surface area contributed by atoms with Crippen LogP contribution in [-0.2, 0) is 4.79 Å². The molecule has 0 unspecified atom stereocenters. The molecule has 0 aliphatic heterocycles. The third-order valence-electron chi connectivity index (χ3n) is 3.80. The molecule has 27 heavy (non-hydrogen) atoms. The molecule has 3 rings (SSSR count). The Hall–Kier alpha value is -3.67. The van der Waals surface area contributed by atoms with Crippen LogP contribution in [0.15, 0.2) is 66.9 Å². The van der Waals surface area contributed by atoms with Gasteiger partial charge in [-0.2, -0.15) is 0 Å². The summed E-state index contributed by atoms with van der Waals surface area (Å²) in [5, 5.41) is 8.69. The van der Waals surface area contributed by atoms with Crippen LogP contribution in [0.1, 0.15) is 23.0 Å². The Morgan fingerprint density at radius 3 is 1.85 bits per heavy atom. The molecule has 6 heteroatoms. The topological polar surface area (TPSA) is 83.1 Å². The minimum absolute atomic E-state index is 0.143. The van der Waals surface area contributed by atoms with E-state index in [0.717, 1.165) is 11.4 Å². The highest BCUT2D eigenvalue weighted by Gasteiger charge is 2.08. The van der Waals surface area contributed by atoms with Crippen molar-refractivity contribution in [2.45, 2.75) is 13.8 Å². The Labute approximate surface area is 157 Å². The molecule has 0 radical (unpaired) electrons. The van der Waals surface area contributed by atoms with Crippen LogP contribution in [-0.4, -0.2) is 16.8 Å². The third-order valence-corrected chi connectivity index (χ3v) is 3.80. The molecule has 0 aliphatic rings. The van der Waals surface area contributed by atoms with Crippen molar-refractivity contribution in [3.05, 3.63) is 78.1 Å². The van der Waals surface area contributed by atoms with Gasteiger partial charge in [0.2, 0.25) is 5.91 Å². The fourth-order valence-corrected chi connectivity index (χ4v) is 2.44. The number of pyridine rings is 1. The number of nitrogens with one attached hydrogen (secondary N) is 3. The number of carbonyl (C=O) groups is 2. The van der Waals surface area contributed by atoms with Gasteiger partial charge in [0.25, 0.3) is 5.91 Å². The molecule has 1 aromatic heterocycles. The summed E-state index contributed by atoms with van der Waals surface area (Å²) >= 11 is 0.